The summed E-state index contributed by atoms with van der Waals surface area (Å²) in [6.07, 6.45) is 3.08. The number of H-pyrrole nitrogens is 1. The molecule has 5 heteroatoms. The Labute approximate surface area is 153 Å². The van der Waals surface area contributed by atoms with Crippen molar-refractivity contribution in [1.82, 2.24) is 10.3 Å². The molecule has 0 aliphatic rings. The minimum absolute atomic E-state index is 0. The number of halogens is 2. The van der Waals surface area contributed by atoms with Crippen LogP contribution >= 0.6 is 24.0 Å². The third-order valence-electron chi connectivity index (χ3n) is 3.88. The van der Waals surface area contributed by atoms with Crippen molar-refractivity contribution in [1.29, 1.82) is 0 Å². The molecule has 0 unspecified atom stereocenters. The van der Waals surface area contributed by atoms with Gasteiger partial charge in [0, 0.05) is 34.2 Å². The molecule has 3 aromatic rings. The number of nitrogens with one attached hydrogen (secondary N) is 2. The summed E-state index contributed by atoms with van der Waals surface area (Å²) in [5.74, 6) is 0.900. The van der Waals surface area contributed by atoms with Gasteiger partial charge in [0.15, 0.2) is 0 Å². The van der Waals surface area contributed by atoms with E-state index in [2.05, 4.69) is 40.8 Å². The lowest BCUT2D eigenvalue weighted by atomic mass is 10.1. The van der Waals surface area contributed by atoms with Gasteiger partial charge in [-0.15, -0.1) is 12.4 Å². The van der Waals surface area contributed by atoms with E-state index in [-0.39, 0.29) is 12.4 Å². The van der Waals surface area contributed by atoms with Crippen molar-refractivity contribution >= 4 is 34.9 Å². The highest BCUT2D eigenvalue weighted by atomic mass is 35.5. The molecule has 0 radical (unpaired) electrons. The number of rotatable bonds is 7. The van der Waals surface area contributed by atoms with Gasteiger partial charge >= 0.3 is 0 Å². The molecular weight excluding hydrogens is 343 g/mol. The predicted octanol–water partition coefficient (Wildman–Crippen LogP) is 4.97. The first-order valence-corrected chi connectivity index (χ1v) is 8.32. The third kappa shape index (κ3) is 4.44. The molecular formula is C19H22Cl2N2O. The monoisotopic (exact) mass is 364 g/mol. The van der Waals surface area contributed by atoms with Crippen LogP contribution in [0.15, 0.2) is 48.7 Å². The fourth-order valence-electron chi connectivity index (χ4n) is 2.77. The first-order chi connectivity index (χ1) is 11.3. The van der Waals surface area contributed by atoms with E-state index in [9.17, 15) is 0 Å². The Bertz CT molecular complexity index is 786. The normalized spacial score (nSPS) is 10.6. The number of hydrogen-bond donors (Lipinski definition) is 2. The van der Waals surface area contributed by atoms with Gasteiger partial charge < -0.3 is 15.0 Å². The maximum absolute atomic E-state index is 6.09. The van der Waals surface area contributed by atoms with Crippen LogP contribution < -0.4 is 10.1 Å². The van der Waals surface area contributed by atoms with Crippen LogP contribution in [0.3, 0.4) is 0 Å². The zero-order valence-corrected chi connectivity index (χ0v) is 15.2. The van der Waals surface area contributed by atoms with Gasteiger partial charge in [-0.3, -0.25) is 0 Å². The molecule has 1 heterocycles. The molecule has 0 atom stereocenters. The second kappa shape index (κ2) is 8.97. The standard InChI is InChI=1S/C19H21ClN2O.ClH/c1-2-23-19-8-7-16(20)11-15(19)12-21-10-9-14-13-22-18-6-4-3-5-17(14)18;/h3-8,11,13,21-22H,2,9-10,12H2,1H3;1H. The van der Waals surface area contributed by atoms with Gasteiger partial charge in [-0.2, -0.15) is 0 Å². The molecule has 128 valence electrons. The predicted molar refractivity (Wildman–Crippen MR) is 104 cm³/mol. The van der Waals surface area contributed by atoms with Crippen molar-refractivity contribution in [3.05, 3.63) is 64.8 Å². The molecule has 1 aromatic heterocycles. The van der Waals surface area contributed by atoms with Gasteiger partial charge in [0.2, 0.25) is 0 Å². The van der Waals surface area contributed by atoms with E-state index in [0.29, 0.717) is 6.61 Å². The van der Waals surface area contributed by atoms with Crippen LogP contribution in [0.5, 0.6) is 5.75 Å². The minimum atomic E-state index is 0. The van der Waals surface area contributed by atoms with E-state index in [1.54, 1.807) is 0 Å². The van der Waals surface area contributed by atoms with Gasteiger partial charge in [0.1, 0.15) is 5.75 Å². The average Bonchev–Trinajstić information content (AvgIpc) is 2.97. The highest BCUT2D eigenvalue weighted by Gasteiger charge is 2.05. The summed E-state index contributed by atoms with van der Waals surface area (Å²) >= 11 is 6.09. The summed E-state index contributed by atoms with van der Waals surface area (Å²) < 4.78 is 5.65. The van der Waals surface area contributed by atoms with E-state index in [1.807, 2.05) is 25.1 Å². The molecule has 24 heavy (non-hydrogen) atoms. The molecule has 0 saturated carbocycles. The van der Waals surface area contributed by atoms with Crippen molar-refractivity contribution in [3.8, 4) is 5.75 Å². The van der Waals surface area contributed by atoms with E-state index in [4.69, 9.17) is 16.3 Å². The fourth-order valence-corrected chi connectivity index (χ4v) is 2.96. The highest BCUT2D eigenvalue weighted by Crippen LogP contribution is 2.23. The van der Waals surface area contributed by atoms with Crippen LogP contribution in [0, 0.1) is 0 Å². The Balaban J connectivity index is 0.00000208. The minimum Gasteiger partial charge on any atom is -0.494 e. The van der Waals surface area contributed by atoms with Crippen LogP contribution in [0.4, 0.5) is 0 Å². The highest BCUT2D eigenvalue weighted by molar-refractivity contribution is 6.30. The molecule has 3 rings (SSSR count). The van der Waals surface area contributed by atoms with Gasteiger partial charge in [0.25, 0.3) is 0 Å². The molecule has 0 fully saturated rings. The Hall–Kier alpha value is -1.68. The van der Waals surface area contributed by atoms with Crippen LogP contribution in [0.25, 0.3) is 10.9 Å². The fraction of sp³-hybridized carbons (Fsp3) is 0.263. The van der Waals surface area contributed by atoms with Crippen molar-refractivity contribution < 1.29 is 4.74 Å². The summed E-state index contributed by atoms with van der Waals surface area (Å²) in [5.41, 5.74) is 3.62. The molecule has 3 nitrogen and oxygen atoms in total. The zero-order chi connectivity index (χ0) is 16.1. The molecule has 0 spiro atoms. The topological polar surface area (TPSA) is 37.0 Å². The van der Waals surface area contributed by atoms with Crippen LogP contribution in [0.2, 0.25) is 5.02 Å². The van der Waals surface area contributed by atoms with Crippen molar-refractivity contribution in [3.63, 3.8) is 0 Å². The number of ether oxygens (including phenoxy) is 1. The summed E-state index contributed by atoms with van der Waals surface area (Å²) in [5, 5.41) is 5.51. The molecule has 0 amide bonds. The van der Waals surface area contributed by atoms with Gasteiger partial charge in [-0.05, 0) is 49.7 Å². The number of hydrogen-bond acceptors (Lipinski definition) is 2. The van der Waals surface area contributed by atoms with Crippen LogP contribution in [-0.2, 0) is 13.0 Å². The van der Waals surface area contributed by atoms with Crippen molar-refractivity contribution in [2.75, 3.05) is 13.2 Å². The lowest BCUT2D eigenvalue weighted by Gasteiger charge is -2.11. The number of aromatic amines is 1. The molecule has 0 aliphatic heterocycles. The summed E-state index contributed by atoms with van der Waals surface area (Å²) in [6.45, 7) is 4.30. The van der Waals surface area contributed by atoms with Gasteiger partial charge in [-0.1, -0.05) is 29.8 Å². The number of benzene rings is 2. The van der Waals surface area contributed by atoms with E-state index >= 15 is 0 Å². The molecule has 2 N–H and O–H groups in total. The first kappa shape index (κ1) is 18.7. The second-order valence-electron chi connectivity index (χ2n) is 5.47. The lowest BCUT2D eigenvalue weighted by molar-refractivity contribution is 0.335. The number of fused-ring (bicyclic) bond motifs is 1. The zero-order valence-electron chi connectivity index (χ0n) is 13.6. The Morgan fingerprint density at radius 1 is 1.12 bits per heavy atom. The van der Waals surface area contributed by atoms with Crippen molar-refractivity contribution in [2.24, 2.45) is 0 Å². The van der Waals surface area contributed by atoms with Crippen LogP contribution in [-0.4, -0.2) is 18.1 Å². The summed E-state index contributed by atoms with van der Waals surface area (Å²) in [6, 6.07) is 14.1. The third-order valence-corrected chi connectivity index (χ3v) is 4.12. The SMILES string of the molecule is CCOc1ccc(Cl)cc1CNCCc1c[nH]c2ccccc12.Cl. The van der Waals surface area contributed by atoms with E-state index < -0.39 is 0 Å². The smallest absolute Gasteiger partial charge is 0.123 e. The average molecular weight is 365 g/mol. The van der Waals surface area contributed by atoms with Gasteiger partial charge in [0.05, 0.1) is 6.61 Å². The molecule has 0 saturated heterocycles. The molecule has 0 aliphatic carbocycles. The van der Waals surface area contributed by atoms with Gasteiger partial charge in [-0.25, -0.2) is 0 Å². The Morgan fingerprint density at radius 3 is 2.79 bits per heavy atom. The molecule has 2 aromatic carbocycles. The number of para-hydroxylation sites is 1. The molecule has 0 bridgehead atoms. The van der Waals surface area contributed by atoms with Crippen molar-refractivity contribution in [2.45, 2.75) is 19.9 Å². The van der Waals surface area contributed by atoms with Crippen LogP contribution in [0.1, 0.15) is 18.1 Å². The number of aromatic nitrogens is 1. The maximum atomic E-state index is 6.09. The summed E-state index contributed by atoms with van der Waals surface area (Å²) in [7, 11) is 0. The quantitative estimate of drug-likeness (QED) is 0.580. The largest absolute Gasteiger partial charge is 0.494 e. The Kier molecular flexibility index (Phi) is 6.98. The van der Waals surface area contributed by atoms with E-state index in [0.717, 1.165) is 35.8 Å². The van der Waals surface area contributed by atoms with E-state index in [1.165, 1.54) is 16.5 Å². The first-order valence-electron chi connectivity index (χ1n) is 7.95. The maximum Gasteiger partial charge on any atom is 0.123 e. The summed E-state index contributed by atoms with van der Waals surface area (Å²) in [4.78, 5) is 3.31. The second-order valence-corrected chi connectivity index (χ2v) is 5.91. The lowest BCUT2D eigenvalue weighted by Crippen LogP contribution is -2.17. The Morgan fingerprint density at radius 2 is 1.96 bits per heavy atom.